The molecule has 13 heavy (non-hydrogen) atoms. The third-order valence-corrected chi connectivity index (χ3v) is 2.57. The van der Waals surface area contributed by atoms with Crippen LogP contribution in [-0.4, -0.2) is 16.1 Å². The van der Waals surface area contributed by atoms with Crippen LogP contribution in [0.3, 0.4) is 0 Å². The van der Waals surface area contributed by atoms with E-state index in [1.165, 1.54) is 11.3 Å². The monoisotopic (exact) mass is 263 g/mol. The summed E-state index contributed by atoms with van der Waals surface area (Å²) in [6, 6.07) is 0. The fourth-order valence-electron chi connectivity index (χ4n) is 0.540. The summed E-state index contributed by atoms with van der Waals surface area (Å²) in [5.74, 6) is -0.0591. The lowest BCUT2D eigenvalue weighted by Crippen LogP contribution is -2.27. The van der Waals surface area contributed by atoms with Gasteiger partial charge in [-0.1, -0.05) is 32.1 Å². The second-order valence-electron chi connectivity index (χ2n) is 3.56. The summed E-state index contributed by atoms with van der Waals surface area (Å²) in [6.45, 7) is 5.54. The van der Waals surface area contributed by atoms with Crippen molar-refractivity contribution in [1.82, 2.24) is 10.2 Å². The SMILES string of the molecule is CC(C)(C)C(=O)Nc1nnc(Br)s1. The Kier molecular flexibility index (Phi) is 3.02. The molecule has 0 aromatic carbocycles. The molecule has 1 amide bonds. The van der Waals surface area contributed by atoms with Gasteiger partial charge in [-0.25, -0.2) is 0 Å². The highest BCUT2D eigenvalue weighted by Gasteiger charge is 2.22. The number of nitrogens with one attached hydrogen (secondary N) is 1. The second-order valence-corrected chi connectivity index (χ2v) is 5.82. The molecule has 0 fully saturated rings. The van der Waals surface area contributed by atoms with Gasteiger partial charge in [-0.2, -0.15) is 0 Å². The summed E-state index contributed by atoms with van der Waals surface area (Å²) >= 11 is 4.46. The van der Waals surface area contributed by atoms with E-state index >= 15 is 0 Å². The number of hydrogen-bond acceptors (Lipinski definition) is 4. The van der Waals surface area contributed by atoms with Crippen molar-refractivity contribution in [1.29, 1.82) is 0 Å². The van der Waals surface area contributed by atoms with Crippen LogP contribution < -0.4 is 5.32 Å². The summed E-state index contributed by atoms with van der Waals surface area (Å²) in [7, 11) is 0. The highest BCUT2D eigenvalue weighted by Crippen LogP contribution is 2.22. The molecule has 0 aliphatic rings. The van der Waals surface area contributed by atoms with E-state index in [2.05, 4.69) is 31.4 Å². The number of rotatable bonds is 1. The minimum Gasteiger partial charge on any atom is -0.300 e. The minimum atomic E-state index is -0.405. The zero-order valence-corrected chi connectivity index (χ0v) is 9.99. The molecule has 0 spiro atoms. The highest BCUT2D eigenvalue weighted by molar-refractivity contribution is 9.11. The molecule has 1 aromatic heterocycles. The topological polar surface area (TPSA) is 54.9 Å². The molecule has 1 rings (SSSR count). The molecule has 0 saturated heterocycles. The standard InChI is InChI=1S/C7H10BrN3OS/c1-7(2,3)4(12)9-6-11-10-5(8)13-6/h1-3H3,(H,9,11,12). The van der Waals surface area contributed by atoms with Crippen LogP contribution in [0.15, 0.2) is 3.92 Å². The van der Waals surface area contributed by atoms with Gasteiger partial charge in [0.05, 0.1) is 0 Å². The van der Waals surface area contributed by atoms with E-state index in [9.17, 15) is 4.79 Å². The van der Waals surface area contributed by atoms with E-state index < -0.39 is 5.41 Å². The molecular formula is C7H10BrN3OS. The Labute approximate surface area is 88.9 Å². The molecule has 0 aliphatic carbocycles. The maximum atomic E-state index is 11.5. The fourth-order valence-corrected chi connectivity index (χ4v) is 1.55. The number of halogens is 1. The lowest BCUT2D eigenvalue weighted by Gasteiger charge is -2.15. The highest BCUT2D eigenvalue weighted by atomic mass is 79.9. The smallest absolute Gasteiger partial charge is 0.231 e. The van der Waals surface area contributed by atoms with Gasteiger partial charge < -0.3 is 5.32 Å². The lowest BCUT2D eigenvalue weighted by molar-refractivity contribution is -0.123. The first-order chi connectivity index (χ1) is 5.89. The molecule has 0 radical (unpaired) electrons. The number of hydrogen-bond donors (Lipinski definition) is 1. The first-order valence-electron chi connectivity index (χ1n) is 3.70. The van der Waals surface area contributed by atoms with E-state index in [0.717, 1.165) is 0 Å². The Morgan fingerprint density at radius 3 is 2.46 bits per heavy atom. The molecule has 1 N–H and O–H groups in total. The van der Waals surface area contributed by atoms with Crippen molar-refractivity contribution in [3.8, 4) is 0 Å². The van der Waals surface area contributed by atoms with Crippen LogP contribution in [0.25, 0.3) is 0 Å². The normalized spacial score (nSPS) is 11.4. The molecule has 6 heteroatoms. The Morgan fingerprint density at radius 2 is 2.08 bits per heavy atom. The number of carbonyl (C=O) groups excluding carboxylic acids is 1. The predicted octanol–water partition coefficient (Wildman–Crippen LogP) is 2.29. The first-order valence-corrected chi connectivity index (χ1v) is 5.31. The molecule has 1 heterocycles. The maximum absolute atomic E-state index is 11.5. The van der Waals surface area contributed by atoms with Crippen molar-refractivity contribution < 1.29 is 4.79 Å². The van der Waals surface area contributed by atoms with Crippen LogP contribution in [-0.2, 0) is 4.79 Å². The Bertz CT molecular complexity index is 318. The van der Waals surface area contributed by atoms with Crippen LogP contribution in [0.5, 0.6) is 0 Å². The molecule has 0 unspecified atom stereocenters. The van der Waals surface area contributed by atoms with Gasteiger partial charge in [0, 0.05) is 5.41 Å². The van der Waals surface area contributed by atoms with Gasteiger partial charge in [0.2, 0.25) is 11.0 Å². The molecular weight excluding hydrogens is 254 g/mol. The summed E-state index contributed by atoms with van der Waals surface area (Å²) in [6.07, 6.45) is 0. The summed E-state index contributed by atoms with van der Waals surface area (Å²) in [5.41, 5.74) is -0.405. The van der Waals surface area contributed by atoms with Crippen LogP contribution in [0.2, 0.25) is 0 Å². The van der Waals surface area contributed by atoms with Gasteiger partial charge in [-0.3, -0.25) is 4.79 Å². The first kappa shape index (κ1) is 10.6. The third-order valence-electron chi connectivity index (χ3n) is 1.30. The van der Waals surface area contributed by atoms with E-state index in [-0.39, 0.29) is 5.91 Å². The molecule has 4 nitrogen and oxygen atoms in total. The van der Waals surface area contributed by atoms with Crippen molar-refractivity contribution in [3.05, 3.63) is 3.92 Å². The molecule has 0 saturated carbocycles. The van der Waals surface area contributed by atoms with Crippen LogP contribution in [0.1, 0.15) is 20.8 Å². The zero-order chi connectivity index (χ0) is 10.1. The Balaban J connectivity index is 2.65. The summed E-state index contributed by atoms with van der Waals surface area (Å²) < 4.78 is 0.664. The van der Waals surface area contributed by atoms with Gasteiger partial charge in [-0.05, 0) is 15.9 Å². The maximum Gasteiger partial charge on any atom is 0.231 e. The van der Waals surface area contributed by atoms with E-state index in [1.54, 1.807) is 0 Å². The number of anilines is 1. The van der Waals surface area contributed by atoms with Gasteiger partial charge in [0.25, 0.3) is 0 Å². The largest absolute Gasteiger partial charge is 0.300 e. The van der Waals surface area contributed by atoms with Gasteiger partial charge in [0.15, 0.2) is 3.92 Å². The van der Waals surface area contributed by atoms with Crippen LogP contribution >= 0.6 is 27.3 Å². The van der Waals surface area contributed by atoms with Gasteiger partial charge in [0.1, 0.15) is 0 Å². The van der Waals surface area contributed by atoms with Crippen molar-refractivity contribution in [3.63, 3.8) is 0 Å². The van der Waals surface area contributed by atoms with Crippen molar-refractivity contribution >= 4 is 38.3 Å². The second kappa shape index (κ2) is 3.71. The summed E-state index contributed by atoms with van der Waals surface area (Å²) in [5, 5.41) is 10.7. The number of amides is 1. The van der Waals surface area contributed by atoms with E-state index in [4.69, 9.17) is 0 Å². The molecule has 0 atom stereocenters. The average Bonchev–Trinajstić information content (AvgIpc) is 2.33. The minimum absolute atomic E-state index is 0.0591. The molecule has 0 bridgehead atoms. The van der Waals surface area contributed by atoms with E-state index in [0.29, 0.717) is 9.05 Å². The van der Waals surface area contributed by atoms with Crippen LogP contribution in [0, 0.1) is 5.41 Å². The molecule has 72 valence electrons. The molecule has 0 aliphatic heterocycles. The van der Waals surface area contributed by atoms with Crippen molar-refractivity contribution in [2.24, 2.45) is 5.41 Å². The quantitative estimate of drug-likeness (QED) is 0.846. The number of aromatic nitrogens is 2. The Hall–Kier alpha value is -0.490. The Morgan fingerprint density at radius 1 is 1.46 bits per heavy atom. The van der Waals surface area contributed by atoms with Crippen LogP contribution in [0.4, 0.5) is 5.13 Å². The number of carbonyl (C=O) groups is 1. The van der Waals surface area contributed by atoms with Gasteiger partial charge in [-0.15, -0.1) is 10.2 Å². The predicted molar refractivity (Wildman–Crippen MR) is 55.7 cm³/mol. The zero-order valence-electron chi connectivity index (χ0n) is 7.59. The average molecular weight is 264 g/mol. The molecule has 1 aromatic rings. The number of nitrogens with zero attached hydrogens (tertiary/aromatic N) is 2. The van der Waals surface area contributed by atoms with Crippen molar-refractivity contribution in [2.45, 2.75) is 20.8 Å². The lowest BCUT2D eigenvalue weighted by atomic mass is 9.96. The summed E-state index contributed by atoms with van der Waals surface area (Å²) in [4.78, 5) is 11.5. The fraction of sp³-hybridized carbons (Fsp3) is 0.571. The van der Waals surface area contributed by atoms with Gasteiger partial charge >= 0.3 is 0 Å². The van der Waals surface area contributed by atoms with Crippen molar-refractivity contribution in [2.75, 3.05) is 5.32 Å². The third kappa shape index (κ3) is 3.04. The van der Waals surface area contributed by atoms with E-state index in [1.807, 2.05) is 20.8 Å².